The van der Waals surface area contributed by atoms with Gasteiger partial charge in [0, 0.05) is 19.6 Å². The lowest BCUT2D eigenvalue weighted by molar-refractivity contribution is -0.146. The van der Waals surface area contributed by atoms with E-state index in [1.54, 1.807) is 0 Å². The van der Waals surface area contributed by atoms with E-state index in [0.29, 0.717) is 17.9 Å². The van der Waals surface area contributed by atoms with Crippen LogP contribution in [0.1, 0.15) is 59.3 Å². The predicted molar refractivity (Wildman–Crippen MR) is 78.7 cm³/mol. The van der Waals surface area contributed by atoms with Crippen molar-refractivity contribution >= 4 is 5.91 Å². The van der Waals surface area contributed by atoms with Crippen LogP contribution in [0.5, 0.6) is 0 Å². The Bertz CT molecular complexity index is 323. The molecule has 0 radical (unpaired) electrons. The summed E-state index contributed by atoms with van der Waals surface area (Å²) in [6.45, 7) is 9.37. The van der Waals surface area contributed by atoms with Gasteiger partial charge in [-0.3, -0.25) is 4.79 Å². The Morgan fingerprint density at radius 2 is 1.89 bits per heavy atom. The third kappa shape index (κ3) is 2.96. The van der Waals surface area contributed by atoms with Crippen molar-refractivity contribution in [2.75, 3.05) is 19.6 Å². The van der Waals surface area contributed by atoms with Gasteiger partial charge >= 0.3 is 0 Å². The van der Waals surface area contributed by atoms with Crippen molar-refractivity contribution in [3.05, 3.63) is 0 Å². The molecule has 1 heterocycles. The van der Waals surface area contributed by atoms with Crippen LogP contribution in [0.2, 0.25) is 0 Å². The maximum absolute atomic E-state index is 12.7. The first-order valence-electron chi connectivity index (χ1n) is 7.88. The Labute approximate surface area is 117 Å². The van der Waals surface area contributed by atoms with Gasteiger partial charge in [-0.15, -0.1) is 0 Å². The lowest BCUT2D eigenvalue weighted by Gasteiger charge is -2.42. The first-order chi connectivity index (χ1) is 8.89. The highest BCUT2D eigenvalue weighted by Gasteiger charge is 2.45. The lowest BCUT2D eigenvalue weighted by Crippen LogP contribution is -2.52. The first kappa shape index (κ1) is 14.8. The molecule has 0 bridgehead atoms. The van der Waals surface area contributed by atoms with Crippen molar-refractivity contribution in [3.8, 4) is 0 Å². The number of nitrogens with zero attached hydrogens (tertiary/aromatic N) is 1. The predicted octanol–water partition coefficient (Wildman–Crippen LogP) is 2.79. The summed E-state index contributed by atoms with van der Waals surface area (Å²) in [4.78, 5) is 14.8. The van der Waals surface area contributed by atoms with E-state index in [-0.39, 0.29) is 5.41 Å². The normalized spacial score (nSPS) is 27.6. The van der Waals surface area contributed by atoms with E-state index in [9.17, 15) is 4.79 Å². The first-order valence-corrected chi connectivity index (χ1v) is 7.88. The Hall–Kier alpha value is -0.570. The summed E-state index contributed by atoms with van der Waals surface area (Å²) in [6, 6.07) is 0. The minimum atomic E-state index is -0.193. The maximum atomic E-state index is 12.7. The molecule has 2 aliphatic rings. The van der Waals surface area contributed by atoms with Gasteiger partial charge in [0.1, 0.15) is 0 Å². The van der Waals surface area contributed by atoms with Gasteiger partial charge in [-0.2, -0.15) is 0 Å². The molecular formula is C16H30N2O. The zero-order valence-corrected chi connectivity index (χ0v) is 12.9. The molecule has 1 saturated heterocycles. The van der Waals surface area contributed by atoms with Crippen molar-refractivity contribution in [3.63, 3.8) is 0 Å². The fourth-order valence-corrected chi connectivity index (χ4v) is 3.61. The Kier molecular flexibility index (Phi) is 4.24. The van der Waals surface area contributed by atoms with Crippen LogP contribution in [0.15, 0.2) is 0 Å². The van der Waals surface area contributed by atoms with Gasteiger partial charge < -0.3 is 10.6 Å². The van der Waals surface area contributed by atoms with Crippen molar-refractivity contribution in [1.29, 1.82) is 0 Å². The molecule has 2 fully saturated rings. The number of carbonyl (C=O) groups excluding carboxylic acids is 1. The minimum absolute atomic E-state index is 0.193. The molecule has 110 valence electrons. The third-order valence-corrected chi connectivity index (χ3v) is 5.40. The summed E-state index contributed by atoms with van der Waals surface area (Å²) in [6.07, 6.45) is 6.72. The largest absolute Gasteiger partial charge is 0.342 e. The van der Waals surface area contributed by atoms with Gasteiger partial charge in [0.15, 0.2) is 0 Å². The van der Waals surface area contributed by atoms with Crippen LogP contribution >= 0.6 is 0 Å². The molecule has 2 N–H and O–H groups in total. The van der Waals surface area contributed by atoms with Crippen molar-refractivity contribution in [2.24, 2.45) is 22.5 Å². The van der Waals surface area contributed by atoms with Crippen molar-refractivity contribution in [1.82, 2.24) is 4.90 Å². The van der Waals surface area contributed by atoms with Gasteiger partial charge in [0.25, 0.3) is 0 Å². The second kappa shape index (κ2) is 5.43. The highest BCUT2D eigenvalue weighted by atomic mass is 16.2. The molecule has 0 spiro atoms. The topological polar surface area (TPSA) is 46.3 Å². The van der Waals surface area contributed by atoms with Crippen LogP contribution in [0.4, 0.5) is 0 Å². The standard InChI is InChI=1S/C16H30N2O/c1-15(2,3)13-6-4-10-18(11-7-13)14(19)16(12-17)8-5-9-16/h13H,4-12,17H2,1-3H3. The Balaban J connectivity index is 1.97. The van der Waals surface area contributed by atoms with E-state index in [2.05, 4.69) is 25.7 Å². The molecule has 1 aliphatic carbocycles. The molecule has 1 aliphatic heterocycles. The van der Waals surface area contributed by atoms with E-state index in [4.69, 9.17) is 5.73 Å². The number of hydrogen-bond donors (Lipinski definition) is 1. The van der Waals surface area contributed by atoms with Gasteiger partial charge in [0.2, 0.25) is 5.91 Å². The quantitative estimate of drug-likeness (QED) is 0.835. The van der Waals surface area contributed by atoms with Crippen LogP contribution < -0.4 is 5.73 Å². The van der Waals surface area contributed by atoms with Crippen LogP contribution in [0.3, 0.4) is 0 Å². The second-order valence-electron chi connectivity index (χ2n) is 7.62. The number of carbonyl (C=O) groups is 1. The summed E-state index contributed by atoms with van der Waals surface area (Å²) in [7, 11) is 0. The molecule has 1 amide bonds. The zero-order valence-electron chi connectivity index (χ0n) is 12.9. The molecule has 0 aromatic rings. The molecular weight excluding hydrogens is 236 g/mol. The smallest absolute Gasteiger partial charge is 0.230 e. The fraction of sp³-hybridized carbons (Fsp3) is 0.938. The zero-order chi connectivity index (χ0) is 14.1. The molecule has 0 aromatic carbocycles. The third-order valence-electron chi connectivity index (χ3n) is 5.40. The molecule has 19 heavy (non-hydrogen) atoms. The molecule has 3 heteroatoms. The number of rotatable bonds is 2. The van der Waals surface area contributed by atoms with E-state index >= 15 is 0 Å². The van der Waals surface area contributed by atoms with Gasteiger partial charge in [-0.25, -0.2) is 0 Å². The summed E-state index contributed by atoms with van der Waals surface area (Å²) in [5.41, 5.74) is 6.03. The summed E-state index contributed by atoms with van der Waals surface area (Å²) in [5.74, 6) is 1.08. The lowest BCUT2D eigenvalue weighted by atomic mass is 9.67. The molecule has 1 unspecified atom stereocenters. The van der Waals surface area contributed by atoms with Gasteiger partial charge in [-0.05, 0) is 43.4 Å². The monoisotopic (exact) mass is 266 g/mol. The highest BCUT2D eigenvalue weighted by Crippen LogP contribution is 2.42. The van der Waals surface area contributed by atoms with Crippen LogP contribution in [0.25, 0.3) is 0 Å². The molecule has 3 nitrogen and oxygen atoms in total. The van der Waals surface area contributed by atoms with E-state index in [1.165, 1.54) is 12.8 Å². The van der Waals surface area contributed by atoms with Crippen LogP contribution in [-0.2, 0) is 4.79 Å². The van der Waals surface area contributed by atoms with E-state index in [1.807, 2.05) is 0 Å². The second-order valence-corrected chi connectivity index (χ2v) is 7.62. The Morgan fingerprint density at radius 3 is 2.37 bits per heavy atom. The number of nitrogens with two attached hydrogens (primary N) is 1. The number of amides is 1. The minimum Gasteiger partial charge on any atom is -0.342 e. The SMILES string of the molecule is CC(C)(C)C1CCCN(C(=O)C2(CN)CCC2)CC1. The highest BCUT2D eigenvalue weighted by molar-refractivity contribution is 5.84. The number of hydrogen-bond acceptors (Lipinski definition) is 2. The summed E-state index contributed by atoms with van der Waals surface area (Å²) in [5, 5.41) is 0. The average Bonchev–Trinajstić information content (AvgIpc) is 2.52. The van der Waals surface area contributed by atoms with Crippen molar-refractivity contribution < 1.29 is 4.79 Å². The molecule has 1 atom stereocenters. The van der Waals surface area contributed by atoms with Gasteiger partial charge in [0.05, 0.1) is 5.41 Å². The number of likely N-dealkylation sites (tertiary alicyclic amines) is 1. The van der Waals surface area contributed by atoms with Crippen molar-refractivity contribution in [2.45, 2.75) is 59.3 Å². The fourth-order valence-electron chi connectivity index (χ4n) is 3.61. The summed E-state index contributed by atoms with van der Waals surface area (Å²) >= 11 is 0. The average molecular weight is 266 g/mol. The maximum Gasteiger partial charge on any atom is 0.230 e. The Morgan fingerprint density at radius 1 is 1.21 bits per heavy atom. The molecule has 2 rings (SSSR count). The summed E-state index contributed by atoms with van der Waals surface area (Å²) < 4.78 is 0. The van der Waals surface area contributed by atoms with Crippen LogP contribution in [-0.4, -0.2) is 30.4 Å². The van der Waals surface area contributed by atoms with E-state index < -0.39 is 0 Å². The van der Waals surface area contributed by atoms with Gasteiger partial charge in [-0.1, -0.05) is 27.2 Å². The van der Waals surface area contributed by atoms with E-state index in [0.717, 1.165) is 44.7 Å². The molecule has 1 saturated carbocycles. The van der Waals surface area contributed by atoms with Crippen LogP contribution in [0, 0.1) is 16.7 Å². The molecule has 0 aromatic heterocycles.